The molecule has 0 bridgehead atoms. The Labute approximate surface area is 590 Å². The van der Waals surface area contributed by atoms with Gasteiger partial charge in [-0.2, -0.15) is 0 Å². The van der Waals surface area contributed by atoms with Crippen molar-refractivity contribution in [2.24, 2.45) is 0 Å². The fourth-order valence-electron chi connectivity index (χ4n) is 14.1. The Hall–Kier alpha value is -1.66. The number of hydrogen-bond donors (Lipinski definition) is 3. The molecule has 0 aromatic heterocycles. The van der Waals surface area contributed by atoms with Crippen molar-refractivity contribution in [3.05, 3.63) is 24.3 Å². The minimum Gasteiger partial charge on any atom is -0.466 e. The predicted molar refractivity (Wildman–Crippen MR) is 417 cm³/mol. The van der Waals surface area contributed by atoms with Crippen LogP contribution in [0.1, 0.15) is 502 Å². The lowest BCUT2D eigenvalue weighted by Gasteiger charge is -2.22. The van der Waals surface area contributed by atoms with E-state index in [0.29, 0.717) is 25.9 Å². The molecule has 558 valence electrons. The van der Waals surface area contributed by atoms with Gasteiger partial charge in [0.1, 0.15) is 0 Å². The largest absolute Gasteiger partial charge is 0.466 e. The molecule has 0 radical (unpaired) electrons. The highest BCUT2D eigenvalue weighted by Gasteiger charge is 2.20. The van der Waals surface area contributed by atoms with E-state index in [0.717, 1.165) is 44.9 Å². The number of allylic oxidation sites excluding steroid dienone is 4. The number of unbranched alkanes of at least 4 members (excludes halogenated alkanes) is 68. The highest BCUT2D eigenvalue weighted by Crippen LogP contribution is 2.21. The number of carbonyl (C=O) groups is 2. The zero-order valence-electron chi connectivity index (χ0n) is 64.2. The third-order valence-corrected chi connectivity index (χ3v) is 20.7. The van der Waals surface area contributed by atoms with Crippen LogP contribution in [-0.2, 0) is 14.3 Å². The Morgan fingerprint density at radius 1 is 0.287 bits per heavy atom. The van der Waals surface area contributed by atoms with Crippen LogP contribution in [0.5, 0.6) is 0 Å². The standard InChI is InChI=1S/C88H171NO5/c1-3-5-7-9-11-13-15-17-19-20-21-22-23-37-40-43-46-49-53-56-60-64-68-72-76-80-86(91)85(84-90)89-87(92)81-77-73-69-65-61-57-54-50-47-44-41-38-35-33-31-29-27-25-24-26-28-30-32-34-36-39-42-45-48-51-55-59-63-67-71-75-79-83-94-88(93)82-78-74-70-66-62-58-52-18-16-14-12-10-8-6-4-2/h18,24,26,52,85-86,90-91H,3-17,19-23,25,27-51,53-84H2,1-2H3,(H,89,92)/b26-24-,52-18-. The van der Waals surface area contributed by atoms with Gasteiger partial charge in [0, 0.05) is 12.8 Å². The molecule has 3 N–H and O–H groups in total. The third kappa shape index (κ3) is 79.3. The minimum absolute atomic E-state index is 0.0147. The number of aliphatic hydroxyl groups is 2. The van der Waals surface area contributed by atoms with E-state index in [4.69, 9.17) is 4.74 Å². The first-order valence-corrected chi connectivity index (χ1v) is 43.6. The second-order valence-electron chi connectivity index (χ2n) is 30.2. The second kappa shape index (κ2) is 83.8. The third-order valence-electron chi connectivity index (χ3n) is 20.7. The molecule has 0 aromatic rings. The summed E-state index contributed by atoms with van der Waals surface area (Å²) in [5.41, 5.74) is 0. The summed E-state index contributed by atoms with van der Waals surface area (Å²) < 4.78 is 5.50. The van der Waals surface area contributed by atoms with Crippen molar-refractivity contribution in [2.45, 2.75) is 514 Å². The number of aliphatic hydroxyl groups excluding tert-OH is 2. The maximum absolute atomic E-state index is 12.6. The van der Waals surface area contributed by atoms with Crippen molar-refractivity contribution in [3.63, 3.8) is 0 Å². The monoisotopic (exact) mass is 1320 g/mol. The van der Waals surface area contributed by atoms with Gasteiger partial charge in [-0.3, -0.25) is 9.59 Å². The fraction of sp³-hybridized carbons (Fsp3) is 0.932. The van der Waals surface area contributed by atoms with Gasteiger partial charge in [-0.05, 0) is 77.0 Å². The van der Waals surface area contributed by atoms with Crippen LogP contribution >= 0.6 is 0 Å². The van der Waals surface area contributed by atoms with E-state index in [2.05, 4.69) is 43.5 Å². The molecule has 0 aliphatic carbocycles. The molecule has 0 heterocycles. The smallest absolute Gasteiger partial charge is 0.305 e. The maximum atomic E-state index is 12.6. The van der Waals surface area contributed by atoms with Crippen molar-refractivity contribution in [3.8, 4) is 0 Å². The minimum atomic E-state index is -0.663. The first kappa shape index (κ1) is 92.3. The first-order valence-electron chi connectivity index (χ1n) is 43.6. The molecule has 2 atom stereocenters. The number of amides is 1. The molecule has 0 aliphatic rings. The molecule has 0 rings (SSSR count). The molecule has 0 spiro atoms. The van der Waals surface area contributed by atoms with E-state index < -0.39 is 12.1 Å². The van der Waals surface area contributed by atoms with Crippen molar-refractivity contribution in [1.29, 1.82) is 0 Å². The van der Waals surface area contributed by atoms with Gasteiger partial charge in [0.2, 0.25) is 5.91 Å². The normalized spacial score (nSPS) is 12.5. The van der Waals surface area contributed by atoms with E-state index in [1.807, 2.05) is 0 Å². The van der Waals surface area contributed by atoms with Crippen LogP contribution in [0.2, 0.25) is 0 Å². The van der Waals surface area contributed by atoms with Gasteiger partial charge in [0.25, 0.3) is 0 Å². The van der Waals surface area contributed by atoms with Crippen LogP contribution in [0.15, 0.2) is 24.3 Å². The Bertz CT molecular complexity index is 1480. The number of nitrogens with one attached hydrogen (secondary N) is 1. The highest BCUT2D eigenvalue weighted by molar-refractivity contribution is 5.76. The van der Waals surface area contributed by atoms with Crippen molar-refractivity contribution in [1.82, 2.24) is 5.32 Å². The molecule has 6 nitrogen and oxygen atoms in total. The Morgan fingerprint density at radius 2 is 0.500 bits per heavy atom. The number of hydrogen-bond acceptors (Lipinski definition) is 5. The van der Waals surface area contributed by atoms with Crippen LogP contribution in [0.25, 0.3) is 0 Å². The van der Waals surface area contributed by atoms with Gasteiger partial charge in [0.05, 0.1) is 25.4 Å². The summed E-state index contributed by atoms with van der Waals surface area (Å²) in [6.45, 7) is 5.01. The second-order valence-corrected chi connectivity index (χ2v) is 30.2. The molecule has 0 saturated heterocycles. The summed E-state index contributed by atoms with van der Waals surface area (Å²) in [5, 5.41) is 23.5. The molecule has 0 saturated carbocycles. The van der Waals surface area contributed by atoms with Crippen LogP contribution in [0.4, 0.5) is 0 Å². The Kier molecular flexibility index (Phi) is 82.3. The van der Waals surface area contributed by atoms with E-state index >= 15 is 0 Å². The van der Waals surface area contributed by atoms with Gasteiger partial charge >= 0.3 is 5.97 Å². The summed E-state index contributed by atoms with van der Waals surface area (Å²) >= 11 is 0. The quantitative estimate of drug-likeness (QED) is 0.0320. The fourth-order valence-corrected chi connectivity index (χ4v) is 14.1. The Balaban J connectivity index is 3.33. The zero-order valence-corrected chi connectivity index (χ0v) is 64.2. The number of esters is 1. The average Bonchev–Trinajstić information content (AvgIpc) is 3.59. The summed E-state index contributed by atoms with van der Waals surface area (Å²) in [4.78, 5) is 24.7. The van der Waals surface area contributed by atoms with Gasteiger partial charge in [-0.25, -0.2) is 0 Å². The number of ether oxygens (including phenoxy) is 1. The molecule has 0 aliphatic heterocycles. The van der Waals surface area contributed by atoms with Crippen LogP contribution < -0.4 is 5.32 Å². The Morgan fingerprint density at radius 3 is 0.755 bits per heavy atom. The van der Waals surface area contributed by atoms with E-state index in [1.54, 1.807) is 0 Å². The van der Waals surface area contributed by atoms with Crippen molar-refractivity contribution in [2.75, 3.05) is 13.2 Å². The van der Waals surface area contributed by atoms with Crippen LogP contribution in [0.3, 0.4) is 0 Å². The summed E-state index contributed by atoms with van der Waals surface area (Å²) in [6.07, 6.45) is 109. The summed E-state index contributed by atoms with van der Waals surface area (Å²) in [7, 11) is 0. The molecule has 0 aromatic carbocycles. The van der Waals surface area contributed by atoms with Gasteiger partial charge in [-0.15, -0.1) is 0 Å². The first-order chi connectivity index (χ1) is 46.5. The SMILES string of the molecule is CCCCCCCC/C=C\CCCCCCCC(=O)OCCCCCCCCCCCCCCCCCC/C=C\CCCCCCCCCCCCCCCCCCCC(=O)NC(CO)C(O)CCCCCCCCCCCCCCCCCCCCCCCCCCC. The topological polar surface area (TPSA) is 95.9 Å². The van der Waals surface area contributed by atoms with Gasteiger partial charge < -0.3 is 20.3 Å². The molecular formula is C88H171NO5. The lowest BCUT2D eigenvalue weighted by Crippen LogP contribution is -2.45. The van der Waals surface area contributed by atoms with E-state index in [9.17, 15) is 19.8 Å². The molecule has 1 amide bonds. The van der Waals surface area contributed by atoms with Crippen LogP contribution in [-0.4, -0.2) is 47.4 Å². The lowest BCUT2D eigenvalue weighted by atomic mass is 10.0. The molecule has 2 unspecified atom stereocenters. The summed E-state index contributed by atoms with van der Waals surface area (Å²) in [5.74, 6) is -0.00983. The molecule has 6 heteroatoms. The van der Waals surface area contributed by atoms with Crippen LogP contribution in [0, 0.1) is 0 Å². The lowest BCUT2D eigenvalue weighted by molar-refractivity contribution is -0.143. The zero-order chi connectivity index (χ0) is 67.7. The number of carbonyl (C=O) groups excluding carboxylic acids is 2. The molecule has 94 heavy (non-hydrogen) atoms. The molecular weight excluding hydrogens is 1150 g/mol. The van der Waals surface area contributed by atoms with E-state index in [-0.39, 0.29) is 18.5 Å². The predicted octanol–water partition coefficient (Wildman–Crippen LogP) is 29.2. The summed E-state index contributed by atoms with van der Waals surface area (Å²) in [6, 6.07) is -0.540. The van der Waals surface area contributed by atoms with Gasteiger partial charge in [0.15, 0.2) is 0 Å². The van der Waals surface area contributed by atoms with E-state index in [1.165, 1.54) is 424 Å². The van der Waals surface area contributed by atoms with Gasteiger partial charge in [-0.1, -0.05) is 436 Å². The molecule has 0 fully saturated rings. The average molecular weight is 1320 g/mol. The number of rotatable bonds is 83. The van der Waals surface area contributed by atoms with Crippen molar-refractivity contribution < 1.29 is 24.5 Å². The maximum Gasteiger partial charge on any atom is 0.305 e. The highest BCUT2D eigenvalue weighted by atomic mass is 16.5. The van der Waals surface area contributed by atoms with Crippen molar-refractivity contribution >= 4 is 11.9 Å².